The number of primary amides is 1. The largest absolute Gasteiger partial charge is 0.492 e. The van der Waals surface area contributed by atoms with E-state index < -0.39 is 53.9 Å². The Bertz CT molecular complexity index is 1290. The number of hydrogen-bond donors (Lipinski definition) is 4. The molecule has 3 aliphatic rings. The lowest BCUT2D eigenvalue weighted by Gasteiger charge is -2.30. The van der Waals surface area contributed by atoms with E-state index in [4.69, 9.17) is 24.7 Å². The molecule has 0 unspecified atom stereocenters. The number of aliphatic hydroxyl groups excluding tert-OH is 1. The van der Waals surface area contributed by atoms with Gasteiger partial charge < -0.3 is 40.4 Å². The number of methoxy groups -OCH3 is 3. The van der Waals surface area contributed by atoms with E-state index in [0.717, 1.165) is 12.8 Å². The van der Waals surface area contributed by atoms with E-state index in [0.29, 0.717) is 12.0 Å². The number of fused-ring (bicyclic) bond motifs is 2. The van der Waals surface area contributed by atoms with Crippen LogP contribution in [0.2, 0.25) is 0 Å². The van der Waals surface area contributed by atoms with Crippen LogP contribution in [0.15, 0.2) is 58.2 Å². The molecule has 5 N–H and O–H groups in total. The third kappa shape index (κ3) is 8.46. The van der Waals surface area contributed by atoms with Gasteiger partial charge in [0, 0.05) is 37.3 Å². The monoisotopic (exact) mass is 615 g/mol. The number of carbonyl (C=O) groups is 4. The van der Waals surface area contributed by atoms with Gasteiger partial charge in [-0.15, -0.1) is 0 Å². The van der Waals surface area contributed by atoms with Gasteiger partial charge in [-0.3, -0.25) is 14.4 Å². The SMILES string of the molecule is COC1=C2C[C@@H](C)C[C@H](OC)[C@H](O)[C@@H](C)/C=C(\C)[C@H](OC(N)=O)[C@@H](OC)/C=C\C=C(/C)C(=O)NC(=C(NC3CC3)C1=O)C2=O. The first kappa shape index (κ1) is 34.7. The van der Waals surface area contributed by atoms with Crippen molar-refractivity contribution in [2.24, 2.45) is 17.6 Å². The van der Waals surface area contributed by atoms with Gasteiger partial charge >= 0.3 is 6.09 Å². The van der Waals surface area contributed by atoms with Crippen LogP contribution in [-0.2, 0) is 33.3 Å². The molecule has 1 saturated carbocycles. The number of ketones is 2. The molecule has 0 spiro atoms. The molecule has 0 saturated heterocycles. The van der Waals surface area contributed by atoms with Crippen molar-refractivity contribution in [2.75, 3.05) is 21.3 Å². The van der Waals surface area contributed by atoms with Crippen LogP contribution in [0.5, 0.6) is 0 Å². The number of amides is 2. The van der Waals surface area contributed by atoms with E-state index >= 15 is 0 Å². The van der Waals surface area contributed by atoms with Crippen molar-refractivity contribution < 1.29 is 43.2 Å². The zero-order valence-corrected chi connectivity index (χ0v) is 26.5. The lowest BCUT2D eigenvalue weighted by Crippen LogP contribution is -2.41. The Balaban J connectivity index is 2.12. The van der Waals surface area contributed by atoms with Gasteiger partial charge in [0.2, 0.25) is 11.6 Å². The van der Waals surface area contributed by atoms with Gasteiger partial charge in [-0.1, -0.05) is 38.2 Å². The molecule has 2 aliphatic carbocycles. The molecule has 1 aliphatic heterocycles. The molecule has 242 valence electrons. The third-order valence-electron chi connectivity index (χ3n) is 8.03. The first-order chi connectivity index (χ1) is 20.8. The highest BCUT2D eigenvalue weighted by atomic mass is 16.6. The Morgan fingerprint density at radius 1 is 1.07 bits per heavy atom. The van der Waals surface area contributed by atoms with Gasteiger partial charge in [-0.25, -0.2) is 4.79 Å². The quantitative estimate of drug-likeness (QED) is 0.257. The van der Waals surface area contributed by atoms with Crippen LogP contribution >= 0.6 is 0 Å². The predicted octanol–water partition coefficient (Wildman–Crippen LogP) is 2.49. The summed E-state index contributed by atoms with van der Waals surface area (Å²) >= 11 is 0. The molecule has 0 aromatic heterocycles. The van der Waals surface area contributed by atoms with Gasteiger partial charge in [0.05, 0.1) is 19.3 Å². The summed E-state index contributed by atoms with van der Waals surface area (Å²) in [6.07, 6.45) is 4.24. The summed E-state index contributed by atoms with van der Waals surface area (Å²) in [5.74, 6) is -2.37. The Hall–Kier alpha value is -3.74. The Morgan fingerprint density at radius 2 is 1.75 bits per heavy atom. The molecule has 2 amide bonds. The summed E-state index contributed by atoms with van der Waals surface area (Å²) in [5, 5.41) is 17.0. The van der Waals surface area contributed by atoms with Crippen molar-refractivity contribution in [1.29, 1.82) is 0 Å². The van der Waals surface area contributed by atoms with Crippen molar-refractivity contribution in [2.45, 2.75) is 83.8 Å². The Kier molecular flexibility index (Phi) is 12.1. The highest BCUT2D eigenvalue weighted by Gasteiger charge is 2.40. The summed E-state index contributed by atoms with van der Waals surface area (Å²) in [4.78, 5) is 52.6. The number of Topliss-reactive ketones (excluding diaryl/α,β-unsaturated/α-hetero) is 2. The summed E-state index contributed by atoms with van der Waals surface area (Å²) in [7, 11) is 4.26. The molecule has 6 atom stereocenters. The van der Waals surface area contributed by atoms with Gasteiger partial charge in [0.1, 0.15) is 17.5 Å². The van der Waals surface area contributed by atoms with E-state index in [-0.39, 0.29) is 46.7 Å². The van der Waals surface area contributed by atoms with Crippen molar-refractivity contribution in [3.05, 3.63) is 58.2 Å². The molecule has 1 fully saturated rings. The smallest absolute Gasteiger partial charge is 0.405 e. The molecule has 12 heteroatoms. The van der Waals surface area contributed by atoms with Gasteiger partial charge in [0.25, 0.3) is 5.91 Å². The number of nitrogens with two attached hydrogens (primary N) is 1. The van der Waals surface area contributed by atoms with Crippen molar-refractivity contribution in [3.63, 3.8) is 0 Å². The highest BCUT2D eigenvalue weighted by Crippen LogP contribution is 2.32. The first-order valence-corrected chi connectivity index (χ1v) is 14.7. The summed E-state index contributed by atoms with van der Waals surface area (Å²) in [5.41, 5.74) is 6.20. The average molecular weight is 616 g/mol. The summed E-state index contributed by atoms with van der Waals surface area (Å²) < 4.78 is 22.1. The molecule has 2 bridgehead atoms. The number of carbonyl (C=O) groups excluding carboxylic acids is 4. The normalized spacial score (nSPS) is 32.7. The van der Waals surface area contributed by atoms with E-state index in [1.165, 1.54) is 27.4 Å². The summed E-state index contributed by atoms with van der Waals surface area (Å²) in [6.45, 7) is 6.98. The topological polar surface area (TPSA) is 176 Å². The number of hydrogen-bond acceptors (Lipinski definition) is 10. The lowest BCUT2D eigenvalue weighted by atomic mass is 9.85. The Labute approximate surface area is 258 Å². The van der Waals surface area contributed by atoms with E-state index in [1.807, 2.05) is 6.92 Å². The Morgan fingerprint density at radius 3 is 2.32 bits per heavy atom. The molecule has 12 nitrogen and oxygen atoms in total. The standard InChI is InChI=1S/C32H45N3O9/c1-16-13-21-27(37)24(25(34-20-11-12-20)28(38)30(21)43-7)35-31(39)17(2)9-8-10-22(41-5)29(44-32(33)40)19(4)15-18(3)26(36)23(14-16)42-6/h8-10,15-16,18,20,22-23,26,29,34,36H,11-14H2,1-7H3,(H2,33,40)(H,35,39)/b10-8-,17-9+,19-15+/t16-,18+,22+,23+,26-,29+/m1/s1. The lowest BCUT2D eigenvalue weighted by molar-refractivity contribution is -0.121. The van der Waals surface area contributed by atoms with Gasteiger partial charge in [0.15, 0.2) is 11.9 Å². The zero-order chi connectivity index (χ0) is 32.7. The second kappa shape index (κ2) is 15.3. The predicted molar refractivity (Wildman–Crippen MR) is 162 cm³/mol. The van der Waals surface area contributed by atoms with E-state index in [2.05, 4.69) is 10.6 Å². The molecule has 3 rings (SSSR count). The van der Waals surface area contributed by atoms with Crippen LogP contribution in [0.25, 0.3) is 0 Å². The fourth-order valence-corrected chi connectivity index (χ4v) is 5.42. The van der Waals surface area contributed by atoms with Crippen LogP contribution in [-0.4, -0.2) is 80.5 Å². The maximum atomic E-state index is 13.9. The molecular weight excluding hydrogens is 570 g/mol. The number of allylic oxidation sites excluding steroid dienone is 3. The fourth-order valence-electron chi connectivity index (χ4n) is 5.42. The number of nitrogens with one attached hydrogen (secondary N) is 2. The van der Waals surface area contributed by atoms with Crippen LogP contribution in [0, 0.1) is 11.8 Å². The fraction of sp³-hybridized carbons (Fsp3) is 0.562. The maximum Gasteiger partial charge on any atom is 0.405 e. The molecular formula is C32H45N3O9. The minimum Gasteiger partial charge on any atom is -0.492 e. The van der Waals surface area contributed by atoms with Crippen LogP contribution in [0.1, 0.15) is 53.4 Å². The number of ether oxygens (including phenoxy) is 4. The summed E-state index contributed by atoms with van der Waals surface area (Å²) in [6, 6.07) is 0.0193. The second-order valence-corrected chi connectivity index (χ2v) is 11.7. The maximum absolute atomic E-state index is 13.9. The van der Waals surface area contributed by atoms with Crippen LogP contribution in [0.3, 0.4) is 0 Å². The molecule has 0 radical (unpaired) electrons. The molecule has 0 aromatic rings. The van der Waals surface area contributed by atoms with Gasteiger partial charge in [-0.05, 0) is 51.0 Å². The van der Waals surface area contributed by atoms with Crippen LogP contribution < -0.4 is 16.4 Å². The van der Waals surface area contributed by atoms with Crippen molar-refractivity contribution >= 4 is 23.6 Å². The molecule has 44 heavy (non-hydrogen) atoms. The molecule has 0 aromatic carbocycles. The van der Waals surface area contributed by atoms with Gasteiger partial charge in [-0.2, -0.15) is 0 Å². The zero-order valence-electron chi connectivity index (χ0n) is 26.5. The number of rotatable bonds is 6. The second-order valence-electron chi connectivity index (χ2n) is 11.7. The minimum atomic E-state index is -1.00. The highest BCUT2D eigenvalue weighted by molar-refractivity contribution is 6.25. The van der Waals surface area contributed by atoms with Crippen molar-refractivity contribution in [3.8, 4) is 0 Å². The molecule has 1 heterocycles. The van der Waals surface area contributed by atoms with Crippen molar-refractivity contribution in [1.82, 2.24) is 10.6 Å². The third-order valence-corrected chi connectivity index (χ3v) is 8.03. The number of aliphatic hydroxyl groups is 1. The van der Waals surface area contributed by atoms with E-state index in [1.54, 1.807) is 39.0 Å². The van der Waals surface area contributed by atoms with Crippen LogP contribution in [0.4, 0.5) is 4.79 Å². The first-order valence-electron chi connectivity index (χ1n) is 14.7. The average Bonchev–Trinajstić information content (AvgIpc) is 3.80. The van der Waals surface area contributed by atoms with E-state index in [9.17, 15) is 24.3 Å². The minimum absolute atomic E-state index is 0.000194.